The second kappa shape index (κ2) is 13.5. The van der Waals surface area contributed by atoms with Gasteiger partial charge in [0, 0.05) is 24.7 Å². The van der Waals surface area contributed by atoms with Crippen molar-refractivity contribution >= 4 is 39.1 Å². The van der Waals surface area contributed by atoms with Gasteiger partial charge >= 0.3 is 0 Å². The highest BCUT2D eigenvalue weighted by Gasteiger charge is 2.33. The van der Waals surface area contributed by atoms with Crippen molar-refractivity contribution in [2.75, 3.05) is 32.1 Å². The molecule has 3 aromatic rings. The first-order chi connectivity index (χ1) is 19.0. The van der Waals surface area contributed by atoms with Crippen LogP contribution in [0.15, 0.2) is 71.6 Å². The van der Waals surface area contributed by atoms with E-state index in [9.17, 15) is 18.0 Å². The van der Waals surface area contributed by atoms with Crippen molar-refractivity contribution < 1.29 is 27.5 Å². The van der Waals surface area contributed by atoms with Gasteiger partial charge in [-0.2, -0.15) is 0 Å². The van der Waals surface area contributed by atoms with Crippen molar-refractivity contribution in [3.8, 4) is 11.5 Å². The van der Waals surface area contributed by atoms with E-state index in [0.717, 1.165) is 15.4 Å². The molecule has 0 saturated carbocycles. The summed E-state index contributed by atoms with van der Waals surface area (Å²) < 4.78 is 39.7. The minimum atomic E-state index is -4.26. The number of sulfonamides is 1. The van der Waals surface area contributed by atoms with Crippen molar-refractivity contribution in [1.29, 1.82) is 0 Å². The number of ether oxygens (including phenoxy) is 2. The molecule has 0 heterocycles. The third kappa shape index (κ3) is 7.05. The summed E-state index contributed by atoms with van der Waals surface area (Å²) in [6.45, 7) is 3.21. The first-order valence-corrected chi connectivity index (χ1v) is 14.4. The summed E-state index contributed by atoms with van der Waals surface area (Å²) in [5.74, 6) is -0.303. The molecule has 1 atom stereocenters. The smallest absolute Gasteiger partial charge is 0.264 e. The minimum absolute atomic E-state index is 0.0823. The van der Waals surface area contributed by atoms with Crippen LogP contribution in [-0.4, -0.2) is 59.0 Å². The Morgan fingerprint density at radius 1 is 0.950 bits per heavy atom. The van der Waals surface area contributed by atoms with Crippen LogP contribution in [0.3, 0.4) is 0 Å². The summed E-state index contributed by atoms with van der Waals surface area (Å²) in [4.78, 5) is 28.1. The lowest BCUT2D eigenvalue weighted by Gasteiger charge is -2.33. The lowest BCUT2D eigenvalue weighted by atomic mass is 10.1. The maximum Gasteiger partial charge on any atom is 0.264 e. The molecule has 11 heteroatoms. The van der Waals surface area contributed by atoms with E-state index in [-0.39, 0.29) is 23.1 Å². The van der Waals surface area contributed by atoms with E-state index in [1.807, 2.05) is 6.92 Å². The highest BCUT2D eigenvalue weighted by molar-refractivity contribution is 7.92. The number of carbonyl (C=O) groups excluding carboxylic acids is 2. The van der Waals surface area contributed by atoms with Gasteiger partial charge in [0.25, 0.3) is 10.0 Å². The Hall–Kier alpha value is -3.76. The number of aryl methyl sites for hydroxylation is 1. The van der Waals surface area contributed by atoms with E-state index in [4.69, 9.17) is 21.1 Å². The molecular weight excluding hydrogens is 554 g/mol. The van der Waals surface area contributed by atoms with Crippen LogP contribution in [0.25, 0.3) is 0 Å². The lowest BCUT2D eigenvalue weighted by Crippen LogP contribution is -2.51. The van der Waals surface area contributed by atoms with E-state index in [1.54, 1.807) is 55.5 Å². The van der Waals surface area contributed by atoms with Crippen LogP contribution < -0.4 is 19.1 Å². The lowest BCUT2D eigenvalue weighted by molar-refractivity contribution is -0.140. The molecule has 0 fully saturated rings. The van der Waals surface area contributed by atoms with E-state index < -0.39 is 28.5 Å². The van der Waals surface area contributed by atoms with Gasteiger partial charge < -0.3 is 19.7 Å². The van der Waals surface area contributed by atoms with Crippen molar-refractivity contribution in [2.45, 2.75) is 37.8 Å². The topological polar surface area (TPSA) is 105 Å². The molecule has 0 saturated heterocycles. The number of methoxy groups -OCH3 is 2. The largest absolute Gasteiger partial charge is 0.493 e. The molecule has 0 spiro atoms. The fourth-order valence-corrected chi connectivity index (χ4v) is 5.77. The summed E-state index contributed by atoms with van der Waals surface area (Å²) in [7, 11) is 0.103. The predicted molar refractivity (Wildman–Crippen MR) is 155 cm³/mol. The molecule has 3 aromatic carbocycles. The maximum atomic E-state index is 14.0. The molecule has 1 N–H and O–H groups in total. The van der Waals surface area contributed by atoms with Crippen LogP contribution >= 0.6 is 11.6 Å². The summed E-state index contributed by atoms with van der Waals surface area (Å²) in [5.41, 5.74) is 1.96. The minimum Gasteiger partial charge on any atom is -0.493 e. The molecule has 1 unspecified atom stereocenters. The highest BCUT2D eigenvalue weighted by atomic mass is 35.5. The van der Waals surface area contributed by atoms with Crippen molar-refractivity contribution in [2.24, 2.45) is 0 Å². The number of halogens is 1. The van der Waals surface area contributed by atoms with Gasteiger partial charge in [-0.15, -0.1) is 0 Å². The second-order valence-corrected chi connectivity index (χ2v) is 11.3. The van der Waals surface area contributed by atoms with Crippen molar-refractivity contribution in [3.05, 3.63) is 82.9 Å². The molecule has 0 aromatic heterocycles. The molecule has 2 amide bonds. The van der Waals surface area contributed by atoms with E-state index in [0.29, 0.717) is 22.9 Å². The highest BCUT2D eigenvalue weighted by Crippen LogP contribution is 2.32. The molecule has 214 valence electrons. The molecule has 3 rings (SSSR count). The second-order valence-electron chi connectivity index (χ2n) is 9.05. The Labute approximate surface area is 240 Å². The van der Waals surface area contributed by atoms with Gasteiger partial charge in [0.15, 0.2) is 11.5 Å². The van der Waals surface area contributed by atoms with Crippen LogP contribution in [0.1, 0.15) is 24.5 Å². The molecule has 0 aliphatic rings. The van der Waals surface area contributed by atoms with E-state index in [1.165, 1.54) is 44.4 Å². The first-order valence-electron chi connectivity index (χ1n) is 12.6. The number of benzene rings is 3. The summed E-state index contributed by atoms with van der Waals surface area (Å²) >= 11 is 6.04. The summed E-state index contributed by atoms with van der Waals surface area (Å²) in [6.07, 6.45) is 0.325. The van der Waals surface area contributed by atoms with E-state index >= 15 is 0 Å². The molecule has 9 nitrogen and oxygen atoms in total. The average molecular weight is 588 g/mol. The third-order valence-corrected chi connectivity index (χ3v) is 8.46. The Kier molecular flexibility index (Phi) is 10.4. The summed E-state index contributed by atoms with van der Waals surface area (Å²) in [6, 6.07) is 17.1. The van der Waals surface area contributed by atoms with Gasteiger partial charge in [-0.1, -0.05) is 48.4 Å². The molecule has 0 aliphatic carbocycles. The number of hydrogen-bond acceptors (Lipinski definition) is 6. The molecule has 0 aliphatic heterocycles. The van der Waals surface area contributed by atoms with Gasteiger partial charge in [-0.25, -0.2) is 8.42 Å². The first kappa shape index (κ1) is 30.8. The zero-order valence-electron chi connectivity index (χ0n) is 23.2. The third-order valence-electron chi connectivity index (χ3n) is 6.44. The standard InChI is InChI=1S/C29H34ClN3O6S/c1-6-25(29(35)31-3)32(18-21-9-11-22(30)12-10-21)28(34)19-33(23-13-7-20(2)8-14-23)40(36,37)24-15-16-26(38-4)27(17-24)39-5/h7-17,25H,6,18-19H2,1-5H3,(H,31,35). The molecule has 0 bridgehead atoms. The Bertz CT molecular complexity index is 1430. The predicted octanol–water partition coefficient (Wildman–Crippen LogP) is 4.41. The fourth-order valence-electron chi connectivity index (χ4n) is 4.22. The number of amides is 2. The zero-order chi connectivity index (χ0) is 29.4. The van der Waals surface area contributed by atoms with Crippen LogP contribution in [0, 0.1) is 6.92 Å². The summed E-state index contributed by atoms with van der Waals surface area (Å²) in [5, 5.41) is 3.14. The number of carbonyl (C=O) groups is 2. The van der Waals surface area contributed by atoms with E-state index in [2.05, 4.69) is 5.32 Å². The normalized spacial score (nSPS) is 11.8. The van der Waals surface area contributed by atoms with Crippen LogP contribution in [0.2, 0.25) is 5.02 Å². The van der Waals surface area contributed by atoms with Crippen molar-refractivity contribution in [3.63, 3.8) is 0 Å². The van der Waals surface area contributed by atoms with Gasteiger partial charge in [-0.3, -0.25) is 13.9 Å². The van der Waals surface area contributed by atoms with Crippen molar-refractivity contribution in [1.82, 2.24) is 10.2 Å². The van der Waals surface area contributed by atoms with Crippen LogP contribution in [-0.2, 0) is 26.2 Å². The average Bonchev–Trinajstić information content (AvgIpc) is 2.96. The number of nitrogens with one attached hydrogen (secondary N) is 1. The van der Waals surface area contributed by atoms with Gasteiger partial charge in [0.1, 0.15) is 12.6 Å². The molecule has 0 radical (unpaired) electrons. The fraction of sp³-hybridized carbons (Fsp3) is 0.310. The number of likely N-dealkylation sites (N-methyl/N-ethyl adjacent to an activating group) is 1. The number of anilines is 1. The quantitative estimate of drug-likeness (QED) is 0.336. The van der Waals surface area contributed by atoms with Crippen LogP contribution in [0.4, 0.5) is 5.69 Å². The number of nitrogens with zero attached hydrogens (tertiary/aromatic N) is 2. The Morgan fingerprint density at radius 2 is 1.57 bits per heavy atom. The SMILES string of the molecule is CCC(C(=O)NC)N(Cc1ccc(Cl)cc1)C(=O)CN(c1ccc(C)cc1)S(=O)(=O)c1ccc(OC)c(OC)c1. The van der Waals surface area contributed by atoms with Crippen LogP contribution in [0.5, 0.6) is 11.5 Å². The monoisotopic (exact) mass is 587 g/mol. The molecule has 40 heavy (non-hydrogen) atoms. The van der Waals surface area contributed by atoms with Gasteiger partial charge in [0.2, 0.25) is 11.8 Å². The van der Waals surface area contributed by atoms with Gasteiger partial charge in [0.05, 0.1) is 24.8 Å². The maximum absolute atomic E-state index is 14.0. The Morgan fingerprint density at radius 3 is 2.12 bits per heavy atom. The van der Waals surface area contributed by atoms with Gasteiger partial charge in [-0.05, 0) is 55.3 Å². The number of rotatable bonds is 12. The number of hydrogen-bond donors (Lipinski definition) is 1. The zero-order valence-corrected chi connectivity index (χ0v) is 24.8. The molecular formula is C29H34ClN3O6S. The Balaban J connectivity index is 2.08.